The molecule has 0 aliphatic heterocycles. The van der Waals surface area contributed by atoms with E-state index in [9.17, 15) is 14.4 Å². The molecule has 83 heavy (non-hydrogen) atoms. The molecule has 1 atom stereocenters. The highest BCUT2D eigenvalue weighted by Gasteiger charge is 2.19. The maximum absolute atomic E-state index is 13.0. The number of rotatable bonds is 67. The zero-order chi connectivity index (χ0) is 59.9. The topological polar surface area (TPSA) is 78.9 Å². The molecule has 0 bridgehead atoms. The van der Waals surface area contributed by atoms with Gasteiger partial charge in [-0.1, -0.05) is 344 Å². The van der Waals surface area contributed by atoms with Crippen molar-refractivity contribution in [2.45, 2.75) is 386 Å². The molecule has 0 aliphatic carbocycles. The van der Waals surface area contributed by atoms with Crippen molar-refractivity contribution >= 4 is 17.9 Å². The second kappa shape index (κ2) is 71.3. The van der Waals surface area contributed by atoms with Crippen molar-refractivity contribution in [3.63, 3.8) is 0 Å². The van der Waals surface area contributed by atoms with Crippen LogP contribution in [0.4, 0.5) is 0 Å². The largest absolute Gasteiger partial charge is 0.462 e. The minimum Gasteiger partial charge on any atom is -0.462 e. The monoisotopic (exact) mass is 1160 g/mol. The molecule has 482 valence electrons. The summed E-state index contributed by atoms with van der Waals surface area (Å²) < 4.78 is 17.0. The van der Waals surface area contributed by atoms with E-state index in [1.54, 1.807) is 0 Å². The van der Waals surface area contributed by atoms with E-state index in [2.05, 4.69) is 93.7 Å². The van der Waals surface area contributed by atoms with E-state index in [0.717, 1.165) is 89.9 Å². The molecule has 0 N–H and O–H groups in total. The summed E-state index contributed by atoms with van der Waals surface area (Å²) in [5, 5.41) is 0. The molecule has 0 saturated carbocycles. The van der Waals surface area contributed by atoms with Gasteiger partial charge in [-0.3, -0.25) is 14.4 Å². The zero-order valence-electron chi connectivity index (χ0n) is 55.5. The van der Waals surface area contributed by atoms with Gasteiger partial charge < -0.3 is 14.2 Å². The van der Waals surface area contributed by atoms with Crippen molar-refractivity contribution in [1.29, 1.82) is 0 Å². The number of carbonyl (C=O) groups is 3. The van der Waals surface area contributed by atoms with E-state index in [1.807, 2.05) is 0 Å². The average Bonchev–Trinajstić information content (AvgIpc) is 3.48. The third-order valence-corrected chi connectivity index (χ3v) is 16.2. The second-order valence-corrected chi connectivity index (χ2v) is 24.5. The molecule has 6 heteroatoms. The lowest BCUT2D eigenvalue weighted by molar-refractivity contribution is -0.167. The van der Waals surface area contributed by atoms with Gasteiger partial charge in [-0.2, -0.15) is 0 Å². The molecule has 0 fully saturated rings. The van der Waals surface area contributed by atoms with Crippen LogP contribution in [0.25, 0.3) is 0 Å². The quantitative estimate of drug-likeness (QED) is 0.0261. The molecule has 0 spiro atoms. The SMILES string of the molecule is CC/C=C\C/C=C\C/C=C\C/C=C\C/C=C\CCCCCCCCCCCCCC(=O)OCC(COC(=O)CCCCCCCCCCCCC)OC(=O)CCCCCCCCCCCCCCCCC/C=C\CCCCCCCCCC. The number of unbranched alkanes of at least 4 members (excludes halogenated alkanes) is 44. The fraction of sp³-hybridized carbons (Fsp3) is 0.805. The van der Waals surface area contributed by atoms with Crippen LogP contribution in [0, 0.1) is 0 Å². The number of hydrogen-bond donors (Lipinski definition) is 0. The molecule has 0 amide bonds. The van der Waals surface area contributed by atoms with E-state index >= 15 is 0 Å². The van der Waals surface area contributed by atoms with Crippen LogP contribution in [0.15, 0.2) is 72.9 Å². The second-order valence-electron chi connectivity index (χ2n) is 24.5. The van der Waals surface area contributed by atoms with Crippen LogP contribution in [0.3, 0.4) is 0 Å². The van der Waals surface area contributed by atoms with Crippen molar-refractivity contribution in [2.24, 2.45) is 0 Å². The van der Waals surface area contributed by atoms with Gasteiger partial charge >= 0.3 is 17.9 Å². The van der Waals surface area contributed by atoms with E-state index in [-0.39, 0.29) is 31.1 Å². The van der Waals surface area contributed by atoms with Gasteiger partial charge in [-0.15, -0.1) is 0 Å². The van der Waals surface area contributed by atoms with E-state index in [1.165, 1.54) is 250 Å². The summed E-state index contributed by atoms with van der Waals surface area (Å²) in [5.41, 5.74) is 0. The molecule has 0 aromatic rings. The Labute approximate surface area is 516 Å². The Morgan fingerprint density at radius 1 is 0.253 bits per heavy atom. The normalized spacial score (nSPS) is 12.5. The fourth-order valence-corrected chi connectivity index (χ4v) is 10.8. The zero-order valence-corrected chi connectivity index (χ0v) is 55.5. The van der Waals surface area contributed by atoms with E-state index in [4.69, 9.17) is 14.2 Å². The number of hydrogen-bond acceptors (Lipinski definition) is 6. The Balaban J connectivity index is 4.19. The number of carbonyl (C=O) groups excluding carboxylic acids is 3. The summed E-state index contributed by atoms with van der Waals surface area (Å²) in [7, 11) is 0. The van der Waals surface area contributed by atoms with Crippen LogP contribution in [-0.2, 0) is 28.6 Å². The molecule has 6 nitrogen and oxygen atoms in total. The smallest absolute Gasteiger partial charge is 0.306 e. The molecule has 0 heterocycles. The van der Waals surface area contributed by atoms with Crippen molar-refractivity contribution in [3.8, 4) is 0 Å². The number of ether oxygens (including phenoxy) is 3. The summed E-state index contributed by atoms with van der Waals surface area (Å²) in [5.74, 6) is -0.852. The van der Waals surface area contributed by atoms with Crippen LogP contribution in [0.5, 0.6) is 0 Å². The Bertz CT molecular complexity index is 1520. The van der Waals surface area contributed by atoms with Crippen molar-refractivity contribution in [2.75, 3.05) is 13.2 Å². The number of esters is 3. The minimum atomic E-state index is -0.775. The third kappa shape index (κ3) is 69.5. The highest BCUT2D eigenvalue weighted by Crippen LogP contribution is 2.18. The lowest BCUT2D eigenvalue weighted by atomic mass is 10.0. The summed E-state index contributed by atoms with van der Waals surface area (Å²) in [6, 6.07) is 0. The van der Waals surface area contributed by atoms with Gasteiger partial charge in [0, 0.05) is 19.3 Å². The van der Waals surface area contributed by atoms with Crippen LogP contribution >= 0.6 is 0 Å². The maximum Gasteiger partial charge on any atom is 0.306 e. The fourth-order valence-electron chi connectivity index (χ4n) is 10.8. The Morgan fingerprint density at radius 2 is 0.470 bits per heavy atom. The summed E-state index contributed by atoms with van der Waals surface area (Å²) in [6.07, 6.45) is 93.7. The summed E-state index contributed by atoms with van der Waals surface area (Å²) >= 11 is 0. The van der Waals surface area contributed by atoms with Gasteiger partial charge in [0.2, 0.25) is 0 Å². The molecule has 0 aromatic carbocycles. The summed E-state index contributed by atoms with van der Waals surface area (Å²) in [4.78, 5) is 38.4. The predicted octanol–water partition coefficient (Wildman–Crippen LogP) is 25.2. The first-order chi connectivity index (χ1) is 41.0. The molecule has 0 rings (SSSR count). The molecule has 0 radical (unpaired) electrons. The van der Waals surface area contributed by atoms with Crippen molar-refractivity contribution in [1.82, 2.24) is 0 Å². The van der Waals surface area contributed by atoms with E-state index in [0.29, 0.717) is 19.3 Å². The Hall–Kier alpha value is -3.15. The molecule has 0 aromatic heterocycles. The molecule has 0 aliphatic rings. The van der Waals surface area contributed by atoms with Crippen LogP contribution in [0.1, 0.15) is 380 Å². The molecular formula is C77H138O6. The standard InChI is InChI=1S/C77H138O6/c1-4-7-10-13-16-19-22-24-26-28-30-32-34-36-38-40-42-44-46-48-50-52-55-58-61-64-67-70-76(79)82-73-74(72-81-75(78)69-66-63-60-57-54-21-18-15-12-9-6-3)83-77(80)71-68-65-62-59-56-53-51-49-47-45-43-41-39-37-35-33-31-29-27-25-23-20-17-14-11-8-5-2/h7,10,16,19,24,26,29-32,36,38,74H,4-6,8-9,11-15,17-18,20-23,25,27-28,33-35,37,39-73H2,1-3H3/b10-7-,19-16-,26-24-,31-29-,32-30-,38-36-. The highest BCUT2D eigenvalue weighted by molar-refractivity contribution is 5.71. The minimum absolute atomic E-state index is 0.0709. The van der Waals surface area contributed by atoms with Crippen LogP contribution in [0.2, 0.25) is 0 Å². The first kappa shape index (κ1) is 79.8. The van der Waals surface area contributed by atoms with Gasteiger partial charge in [0.05, 0.1) is 0 Å². The lowest BCUT2D eigenvalue weighted by Crippen LogP contribution is -2.30. The predicted molar refractivity (Wildman–Crippen MR) is 362 cm³/mol. The summed E-state index contributed by atoms with van der Waals surface area (Å²) in [6.45, 7) is 6.57. The average molecular weight is 1160 g/mol. The maximum atomic E-state index is 13.0. The number of allylic oxidation sites excluding steroid dienone is 12. The van der Waals surface area contributed by atoms with Gasteiger partial charge in [-0.25, -0.2) is 0 Å². The van der Waals surface area contributed by atoms with Crippen LogP contribution in [-0.4, -0.2) is 37.2 Å². The van der Waals surface area contributed by atoms with Gasteiger partial charge in [0.15, 0.2) is 6.10 Å². The third-order valence-electron chi connectivity index (χ3n) is 16.2. The van der Waals surface area contributed by atoms with Gasteiger partial charge in [0.1, 0.15) is 13.2 Å². The Morgan fingerprint density at radius 3 is 0.747 bits per heavy atom. The van der Waals surface area contributed by atoms with E-state index < -0.39 is 6.10 Å². The Kier molecular flexibility index (Phi) is 68.6. The van der Waals surface area contributed by atoms with Crippen LogP contribution < -0.4 is 0 Å². The first-order valence-corrected chi connectivity index (χ1v) is 36.4. The molecular weight excluding hydrogens is 1020 g/mol. The highest BCUT2D eigenvalue weighted by atomic mass is 16.6. The molecule has 0 saturated heterocycles. The lowest BCUT2D eigenvalue weighted by Gasteiger charge is -2.18. The first-order valence-electron chi connectivity index (χ1n) is 36.4. The van der Waals surface area contributed by atoms with Gasteiger partial charge in [-0.05, 0) is 89.9 Å². The van der Waals surface area contributed by atoms with Gasteiger partial charge in [0.25, 0.3) is 0 Å². The molecule has 1 unspecified atom stereocenters. The van der Waals surface area contributed by atoms with Crippen molar-refractivity contribution in [3.05, 3.63) is 72.9 Å². The van der Waals surface area contributed by atoms with Crippen molar-refractivity contribution < 1.29 is 28.6 Å².